The first-order valence-corrected chi connectivity index (χ1v) is 7.97. The molecule has 0 heterocycles. The summed E-state index contributed by atoms with van der Waals surface area (Å²) in [5, 5.41) is 2.97. The van der Waals surface area contributed by atoms with Crippen LogP contribution in [0.3, 0.4) is 0 Å². The Morgan fingerprint density at radius 3 is 2.32 bits per heavy atom. The zero-order chi connectivity index (χ0) is 15.9. The minimum atomic E-state index is 0.0334. The number of aryl methyl sites for hydroxylation is 3. The molecule has 0 saturated carbocycles. The summed E-state index contributed by atoms with van der Waals surface area (Å²) in [6.07, 6.45) is 2.98. The summed E-state index contributed by atoms with van der Waals surface area (Å²) in [5.41, 5.74) is 4.86. The maximum atomic E-state index is 12.2. The van der Waals surface area contributed by atoms with Crippen molar-refractivity contribution in [3.63, 3.8) is 0 Å². The number of amides is 1. The molecule has 2 rings (SSSR count). The Morgan fingerprint density at radius 2 is 1.68 bits per heavy atom. The topological polar surface area (TPSA) is 29.1 Å². The van der Waals surface area contributed by atoms with Gasteiger partial charge in [0.25, 0.3) is 0 Å². The van der Waals surface area contributed by atoms with Gasteiger partial charge in [-0.2, -0.15) is 0 Å². The van der Waals surface area contributed by atoms with Crippen molar-refractivity contribution in [2.24, 2.45) is 5.92 Å². The van der Waals surface area contributed by atoms with Crippen LogP contribution in [0.1, 0.15) is 36.5 Å². The van der Waals surface area contributed by atoms with Crippen LogP contribution in [-0.2, 0) is 11.2 Å². The lowest BCUT2D eigenvalue weighted by molar-refractivity contribution is -0.119. The molecule has 116 valence electrons. The highest BCUT2D eigenvalue weighted by molar-refractivity contribution is 5.92. The molecule has 1 N–H and O–H groups in total. The Kier molecular flexibility index (Phi) is 5.76. The second kappa shape index (κ2) is 7.79. The molecular weight excluding hydrogens is 270 g/mol. The first-order valence-electron chi connectivity index (χ1n) is 7.97. The summed E-state index contributed by atoms with van der Waals surface area (Å²) in [5.74, 6) is 0.137. The largest absolute Gasteiger partial charge is 0.326 e. The van der Waals surface area contributed by atoms with Crippen LogP contribution in [0.2, 0.25) is 0 Å². The molecule has 2 aromatic rings. The van der Waals surface area contributed by atoms with Crippen molar-refractivity contribution in [1.82, 2.24) is 0 Å². The summed E-state index contributed by atoms with van der Waals surface area (Å²) in [4.78, 5) is 12.2. The molecule has 2 heteroatoms. The van der Waals surface area contributed by atoms with E-state index in [4.69, 9.17) is 0 Å². The van der Waals surface area contributed by atoms with Crippen molar-refractivity contribution in [2.75, 3.05) is 5.32 Å². The SMILES string of the molecule is Cc1cc(C)cc(CCC[C@H](C)C(=O)Nc2ccccc2)c1. The Labute approximate surface area is 133 Å². The van der Waals surface area contributed by atoms with Gasteiger partial charge in [-0.15, -0.1) is 0 Å². The Morgan fingerprint density at radius 1 is 1.05 bits per heavy atom. The highest BCUT2D eigenvalue weighted by Crippen LogP contribution is 2.15. The summed E-state index contributed by atoms with van der Waals surface area (Å²) >= 11 is 0. The summed E-state index contributed by atoms with van der Waals surface area (Å²) in [6, 6.07) is 16.3. The quantitative estimate of drug-likeness (QED) is 0.806. The number of carbonyl (C=O) groups excluding carboxylic acids is 1. The fraction of sp³-hybridized carbons (Fsp3) is 0.350. The van der Waals surface area contributed by atoms with E-state index >= 15 is 0 Å². The van der Waals surface area contributed by atoms with Gasteiger partial charge in [-0.05, 0) is 50.8 Å². The zero-order valence-corrected chi connectivity index (χ0v) is 13.7. The highest BCUT2D eigenvalue weighted by atomic mass is 16.1. The van der Waals surface area contributed by atoms with Gasteiger partial charge < -0.3 is 5.32 Å². The van der Waals surface area contributed by atoms with Gasteiger partial charge >= 0.3 is 0 Å². The van der Waals surface area contributed by atoms with Gasteiger partial charge in [-0.1, -0.05) is 54.4 Å². The van der Waals surface area contributed by atoms with Crippen molar-refractivity contribution in [1.29, 1.82) is 0 Å². The molecule has 0 aliphatic carbocycles. The summed E-state index contributed by atoms with van der Waals surface area (Å²) in [7, 11) is 0. The van der Waals surface area contributed by atoms with Crippen LogP contribution >= 0.6 is 0 Å². The number of carbonyl (C=O) groups is 1. The average molecular weight is 295 g/mol. The van der Waals surface area contributed by atoms with Gasteiger partial charge in [0, 0.05) is 11.6 Å². The second-order valence-corrected chi connectivity index (χ2v) is 6.14. The fourth-order valence-electron chi connectivity index (χ4n) is 2.74. The number of para-hydroxylation sites is 1. The molecule has 2 aromatic carbocycles. The van der Waals surface area contributed by atoms with E-state index in [2.05, 4.69) is 37.4 Å². The Hall–Kier alpha value is -2.09. The van der Waals surface area contributed by atoms with Gasteiger partial charge in [0.05, 0.1) is 0 Å². The van der Waals surface area contributed by atoms with Crippen molar-refractivity contribution >= 4 is 11.6 Å². The van der Waals surface area contributed by atoms with Gasteiger partial charge in [-0.3, -0.25) is 4.79 Å². The van der Waals surface area contributed by atoms with Crippen molar-refractivity contribution < 1.29 is 4.79 Å². The van der Waals surface area contributed by atoms with E-state index in [-0.39, 0.29) is 11.8 Å². The van der Waals surface area contributed by atoms with Crippen LogP contribution in [0.5, 0.6) is 0 Å². The maximum absolute atomic E-state index is 12.2. The summed E-state index contributed by atoms with van der Waals surface area (Å²) in [6.45, 7) is 6.26. The second-order valence-electron chi connectivity index (χ2n) is 6.14. The smallest absolute Gasteiger partial charge is 0.227 e. The minimum absolute atomic E-state index is 0.0334. The lowest BCUT2D eigenvalue weighted by Crippen LogP contribution is -2.20. The third-order valence-corrected chi connectivity index (χ3v) is 3.87. The molecule has 0 radical (unpaired) electrons. The lowest BCUT2D eigenvalue weighted by atomic mass is 9.98. The van der Waals surface area contributed by atoms with Crippen LogP contribution in [0, 0.1) is 19.8 Å². The lowest BCUT2D eigenvalue weighted by Gasteiger charge is -2.12. The highest BCUT2D eigenvalue weighted by Gasteiger charge is 2.12. The van der Waals surface area contributed by atoms with Crippen molar-refractivity contribution in [3.8, 4) is 0 Å². The number of hydrogen-bond acceptors (Lipinski definition) is 1. The third kappa shape index (κ3) is 5.03. The minimum Gasteiger partial charge on any atom is -0.326 e. The van der Waals surface area contributed by atoms with Gasteiger partial charge in [0.1, 0.15) is 0 Å². The van der Waals surface area contributed by atoms with Crippen LogP contribution in [0.4, 0.5) is 5.69 Å². The normalized spacial score (nSPS) is 12.0. The maximum Gasteiger partial charge on any atom is 0.227 e. The molecule has 0 spiro atoms. The van der Waals surface area contributed by atoms with Gasteiger partial charge in [0.2, 0.25) is 5.91 Å². The zero-order valence-electron chi connectivity index (χ0n) is 13.7. The predicted octanol–water partition coefficient (Wildman–Crippen LogP) is 4.90. The van der Waals surface area contributed by atoms with Crippen molar-refractivity contribution in [2.45, 2.75) is 40.0 Å². The monoisotopic (exact) mass is 295 g/mol. The van der Waals surface area contributed by atoms with Gasteiger partial charge in [-0.25, -0.2) is 0 Å². The molecule has 22 heavy (non-hydrogen) atoms. The first kappa shape index (κ1) is 16.3. The molecule has 1 amide bonds. The Bertz CT molecular complexity index is 599. The number of benzene rings is 2. The van der Waals surface area contributed by atoms with Crippen LogP contribution < -0.4 is 5.32 Å². The van der Waals surface area contributed by atoms with E-state index in [0.717, 1.165) is 24.9 Å². The molecule has 0 aliphatic heterocycles. The van der Waals surface area contributed by atoms with Crippen LogP contribution in [0.25, 0.3) is 0 Å². The molecule has 0 saturated heterocycles. The molecule has 0 unspecified atom stereocenters. The first-order chi connectivity index (χ1) is 10.5. The fourth-order valence-corrected chi connectivity index (χ4v) is 2.74. The number of hydrogen-bond donors (Lipinski definition) is 1. The number of rotatable bonds is 6. The molecule has 0 fully saturated rings. The van der Waals surface area contributed by atoms with Crippen molar-refractivity contribution in [3.05, 3.63) is 65.2 Å². The van der Waals surface area contributed by atoms with Gasteiger partial charge in [0.15, 0.2) is 0 Å². The molecule has 0 bridgehead atoms. The molecule has 0 aromatic heterocycles. The predicted molar refractivity (Wildman–Crippen MR) is 93.1 cm³/mol. The Balaban J connectivity index is 1.79. The molecule has 0 aliphatic rings. The van der Waals surface area contributed by atoms with Crippen LogP contribution in [-0.4, -0.2) is 5.91 Å². The average Bonchev–Trinajstić information content (AvgIpc) is 2.47. The third-order valence-electron chi connectivity index (χ3n) is 3.87. The molecule has 1 atom stereocenters. The number of anilines is 1. The van der Waals surface area contributed by atoms with E-state index in [1.807, 2.05) is 37.3 Å². The number of nitrogens with one attached hydrogen (secondary N) is 1. The van der Waals surface area contributed by atoms with E-state index in [9.17, 15) is 4.79 Å². The van der Waals surface area contributed by atoms with E-state index in [1.165, 1.54) is 16.7 Å². The molecule has 2 nitrogen and oxygen atoms in total. The van der Waals surface area contributed by atoms with E-state index < -0.39 is 0 Å². The van der Waals surface area contributed by atoms with Crippen LogP contribution in [0.15, 0.2) is 48.5 Å². The van der Waals surface area contributed by atoms with E-state index in [0.29, 0.717) is 0 Å². The molecular formula is C20H25NO. The standard InChI is InChI=1S/C20H25NO/c1-15-12-16(2)14-18(13-15)9-7-8-17(3)20(22)21-19-10-5-4-6-11-19/h4-6,10-14,17H,7-9H2,1-3H3,(H,21,22)/t17-/m0/s1. The summed E-state index contributed by atoms with van der Waals surface area (Å²) < 4.78 is 0. The van der Waals surface area contributed by atoms with E-state index in [1.54, 1.807) is 0 Å².